The van der Waals surface area contributed by atoms with Crippen LogP contribution in [-0.2, 0) is 11.2 Å². The molecule has 0 saturated carbocycles. The number of halogens is 3. The lowest BCUT2D eigenvalue weighted by Crippen LogP contribution is -2.02. The van der Waals surface area contributed by atoms with Crippen molar-refractivity contribution >= 4 is 44.5 Å². The molecule has 0 radical (unpaired) electrons. The summed E-state index contributed by atoms with van der Waals surface area (Å²) in [6, 6.07) is 2.74. The van der Waals surface area contributed by atoms with E-state index >= 15 is 0 Å². The van der Waals surface area contributed by atoms with Crippen LogP contribution in [0.15, 0.2) is 16.6 Å². The summed E-state index contributed by atoms with van der Waals surface area (Å²) in [5.74, 6) is -1.30. The van der Waals surface area contributed by atoms with Crippen molar-refractivity contribution in [3.63, 3.8) is 0 Å². The zero-order valence-corrected chi connectivity index (χ0v) is 10.1. The smallest absolute Gasteiger partial charge is 0.307 e. The molecule has 0 atom stereocenters. The number of benzene rings is 1. The van der Waals surface area contributed by atoms with Gasteiger partial charge in [0.25, 0.3) is 0 Å². The molecule has 0 bridgehead atoms. The van der Waals surface area contributed by atoms with Crippen molar-refractivity contribution in [2.45, 2.75) is 6.42 Å². The fourth-order valence-corrected chi connectivity index (χ4v) is 1.88. The van der Waals surface area contributed by atoms with E-state index in [4.69, 9.17) is 5.11 Å². The Morgan fingerprint density at radius 3 is 2.77 bits per heavy atom. The summed E-state index contributed by atoms with van der Waals surface area (Å²) in [6.07, 6.45) is -0.0862. The second kappa shape index (κ2) is 4.36. The monoisotopic (exact) mass is 358 g/mol. The van der Waals surface area contributed by atoms with Crippen molar-refractivity contribution < 1.29 is 14.3 Å². The fraction of sp³-hybridized carbons (Fsp3) is 0.125. The predicted octanol–water partition coefficient (Wildman–Crippen LogP) is 2.82. The third-order valence-corrected chi connectivity index (χ3v) is 4.21. The van der Waals surface area contributed by atoms with Gasteiger partial charge in [0, 0.05) is 3.57 Å². The molecule has 1 rings (SSSR count). The maximum Gasteiger partial charge on any atom is 0.307 e. The van der Waals surface area contributed by atoms with Crippen LogP contribution in [-0.4, -0.2) is 11.1 Å². The van der Waals surface area contributed by atoms with Gasteiger partial charge in [-0.25, -0.2) is 4.39 Å². The number of carbonyl (C=O) groups is 1. The fourth-order valence-electron chi connectivity index (χ4n) is 0.865. The SMILES string of the molecule is O=C(O)Cc1ccc(F)c(Br)c1I. The minimum absolute atomic E-state index is 0.0862. The highest BCUT2D eigenvalue weighted by Crippen LogP contribution is 2.25. The summed E-state index contributed by atoms with van der Waals surface area (Å²) in [5.41, 5.74) is 0.612. The first-order chi connectivity index (χ1) is 6.02. The van der Waals surface area contributed by atoms with Gasteiger partial charge in [-0.1, -0.05) is 6.07 Å². The maximum atomic E-state index is 12.9. The van der Waals surface area contributed by atoms with E-state index in [-0.39, 0.29) is 12.2 Å². The Bertz CT molecular complexity index is 354. The molecule has 2 nitrogen and oxygen atoms in total. The van der Waals surface area contributed by atoms with Gasteiger partial charge in [0.15, 0.2) is 0 Å². The number of aliphatic carboxylic acids is 1. The Balaban J connectivity index is 3.10. The lowest BCUT2D eigenvalue weighted by molar-refractivity contribution is -0.136. The second-order valence-corrected chi connectivity index (χ2v) is 4.28. The van der Waals surface area contributed by atoms with Gasteiger partial charge >= 0.3 is 5.97 Å². The van der Waals surface area contributed by atoms with Gasteiger partial charge in [0.05, 0.1) is 10.9 Å². The van der Waals surface area contributed by atoms with Gasteiger partial charge in [-0.15, -0.1) is 0 Å². The summed E-state index contributed by atoms with van der Waals surface area (Å²) < 4.78 is 13.8. The summed E-state index contributed by atoms with van der Waals surface area (Å²) >= 11 is 4.96. The average Bonchev–Trinajstić information content (AvgIpc) is 2.06. The van der Waals surface area contributed by atoms with E-state index in [9.17, 15) is 9.18 Å². The van der Waals surface area contributed by atoms with Crippen molar-refractivity contribution in [3.8, 4) is 0 Å². The lowest BCUT2D eigenvalue weighted by Gasteiger charge is -2.03. The van der Waals surface area contributed by atoms with Crippen LogP contribution in [0, 0.1) is 9.39 Å². The largest absolute Gasteiger partial charge is 0.481 e. The minimum Gasteiger partial charge on any atom is -0.481 e. The van der Waals surface area contributed by atoms with Crippen molar-refractivity contribution in [2.24, 2.45) is 0 Å². The molecule has 0 aromatic heterocycles. The average molecular weight is 359 g/mol. The topological polar surface area (TPSA) is 37.3 Å². The zero-order chi connectivity index (χ0) is 10.0. The highest BCUT2D eigenvalue weighted by molar-refractivity contribution is 14.1. The number of hydrogen-bond acceptors (Lipinski definition) is 1. The summed E-state index contributed by atoms with van der Waals surface area (Å²) in [7, 11) is 0. The van der Waals surface area contributed by atoms with Crippen LogP contribution >= 0.6 is 38.5 Å². The van der Waals surface area contributed by atoms with Gasteiger partial charge in [0.1, 0.15) is 5.82 Å². The normalized spacial score (nSPS) is 10.1. The summed E-state index contributed by atoms with van der Waals surface area (Å²) in [5, 5.41) is 8.54. The Kier molecular flexibility index (Phi) is 3.66. The molecule has 13 heavy (non-hydrogen) atoms. The zero-order valence-electron chi connectivity index (χ0n) is 6.35. The van der Waals surface area contributed by atoms with Gasteiger partial charge in [-0.2, -0.15) is 0 Å². The molecule has 1 N–H and O–H groups in total. The molecule has 0 aliphatic rings. The summed E-state index contributed by atoms with van der Waals surface area (Å²) in [4.78, 5) is 10.4. The summed E-state index contributed by atoms with van der Waals surface area (Å²) in [6.45, 7) is 0. The van der Waals surface area contributed by atoms with Crippen LogP contribution in [0.1, 0.15) is 5.56 Å². The van der Waals surface area contributed by atoms with Crippen LogP contribution in [0.3, 0.4) is 0 Å². The van der Waals surface area contributed by atoms with E-state index in [0.717, 1.165) is 0 Å². The van der Waals surface area contributed by atoms with E-state index in [1.165, 1.54) is 12.1 Å². The number of hydrogen-bond donors (Lipinski definition) is 1. The van der Waals surface area contributed by atoms with Crippen LogP contribution < -0.4 is 0 Å². The Labute approximate surface area is 96.4 Å². The van der Waals surface area contributed by atoms with Crippen LogP contribution in [0.4, 0.5) is 4.39 Å². The van der Waals surface area contributed by atoms with Crippen molar-refractivity contribution in [3.05, 3.63) is 31.6 Å². The second-order valence-electron chi connectivity index (χ2n) is 2.40. The molecule has 0 heterocycles. The highest BCUT2D eigenvalue weighted by Gasteiger charge is 2.10. The molecule has 0 fully saturated rings. The molecule has 0 aliphatic carbocycles. The first-order valence-corrected chi connectivity index (χ1v) is 5.23. The van der Waals surface area contributed by atoms with Crippen molar-refractivity contribution in [1.29, 1.82) is 0 Å². The molecule has 0 aliphatic heterocycles. The van der Waals surface area contributed by atoms with Crippen molar-refractivity contribution in [2.75, 3.05) is 0 Å². The first-order valence-electron chi connectivity index (χ1n) is 3.36. The van der Waals surface area contributed by atoms with Crippen LogP contribution in [0.2, 0.25) is 0 Å². The third kappa shape index (κ3) is 2.63. The van der Waals surface area contributed by atoms with Crippen LogP contribution in [0.25, 0.3) is 0 Å². The van der Waals surface area contributed by atoms with Gasteiger partial charge in [-0.3, -0.25) is 4.79 Å². The number of carboxylic acids is 1. The third-order valence-electron chi connectivity index (χ3n) is 1.46. The van der Waals surface area contributed by atoms with E-state index in [1.54, 1.807) is 0 Å². The van der Waals surface area contributed by atoms with E-state index in [0.29, 0.717) is 13.6 Å². The Morgan fingerprint density at radius 2 is 2.23 bits per heavy atom. The van der Waals surface area contributed by atoms with E-state index in [2.05, 4.69) is 15.9 Å². The quantitative estimate of drug-likeness (QED) is 0.652. The minimum atomic E-state index is -0.920. The Hall–Kier alpha value is -0.170. The Morgan fingerprint density at radius 1 is 1.62 bits per heavy atom. The molecule has 0 saturated heterocycles. The molecule has 1 aromatic rings. The van der Waals surface area contributed by atoms with E-state index < -0.39 is 5.97 Å². The van der Waals surface area contributed by atoms with Gasteiger partial charge < -0.3 is 5.11 Å². The molecule has 0 amide bonds. The molecular weight excluding hydrogens is 354 g/mol. The van der Waals surface area contributed by atoms with Gasteiger partial charge in [-0.05, 0) is 50.2 Å². The van der Waals surface area contributed by atoms with Crippen LogP contribution in [0.5, 0.6) is 0 Å². The molecule has 0 unspecified atom stereocenters. The lowest BCUT2D eigenvalue weighted by atomic mass is 10.1. The predicted molar refractivity (Wildman–Crippen MR) is 58.2 cm³/mol. The molecule has 5 heteroatoms. The maximum absolute atomic E-state index is 12.9. The molecule has 1 aromatic carbocycles. The number of rotatable bonds is 2. The first kappa shape index (κ1) is 10.9. The van der Waals surface area contributed by atoms with Crippen molar-refractivity contribution in [1.82, 2.24) is 0 Å². The molecule has 70 valence electrons. The molecular formula is C8H5BrFIO2. The molecule has 0 spiro atoms. The standard InChI is InChI=1S/C8H5BrFIO2/c9-7-5(10)2-1-4(8(7)11)3-6(12)13/h1-2H,3H2,(H,12,13). The van der Waals surface area contributed by atoms with E-state index in [1.807, 2.05) is 22.6 Å². The number of carboxylic acid groups (broad SMARTS) is 1. The van der Waals surface area contributed by atoms with Gasteiger partial charge in [0.2, 0.25) is 0 Å². The highest BCUT2D eigenvalue weighted by atomic mass is 127.